The molecule has 0 saturated carbocycles. The van der Waals surface area contributed by atoms with Gasteiger partial charge in [-0.1, -0.05) is 26.0 Å². The summed E-state index contributed by atoms with van der Waals surface area (Å²) in [5, 5.41) is 9.95. The van der Waals surface area contributed by atoms with Gasteiger partial charge in [0, 0.05) is 17.7 Å². The molecule has 1 atom stereocenters. The molecule has 5 rings (SSSR count). The molecule has 3 aromatic rings. The Morgan fingerprint density at radius 3 is 2.41 bits per heavy atom. The molecule has 0 aliphatic carbocycles. The van der Waals surface area contributed by atoms with Gasteiger partial charge in [0.05, 0.1) is 17.4 Å². The molecule has 0 radical (unpaired) electrons. The quantitative estimate of drug-likeness (QED) is 0.612. The summed E-state index contributed by atoms with van der Waals surface area (Å²) in [4.78, 5) is 26.0. The maximum atomic E-state index is 13.2. The minimum Gasteiger partial charge on any atom is -0.325 e. The monoisotopic (exact) mass is 440 g/mol. The van der Waals surface area contributed by atoms with Crippen LogP contribution in [-0.2, 0) is 21.2 Å². The minimum absolute atomic E-state index is 0.0842. The van der Waals surface area contributed by atoms with Crippen molar-refractivity contribution in [2.75, 3.05) is 10.6 Å². The average Bonchev–Trinajstić information content (AvgIpc) is 3.27. The molecule has 1 unspecified atom stereocenters. The molecule has 0 bridgehead atoms. The van der Waals surface area contributed by atoms with E-state index in [0.717, 1.165) is 17.7 Å². The minimum atomic E-state index is -4.46. The number of fused-ring (bicyclic) bond motifs is 4. The van der Waals surface area contributed by atoms with E-state index in [9.17, 15) is 22.8 Å². The lowest BCUT2D eigenvalue weighted by Crippen LogP contribution is -2.43. The number of anilines is 2. The van der Waals surface area contributed by atoms with Crippen LogP contribution in [0.25, 0.3) is 5.69 Å². The van der Waals surface area contributed by atoms with Gasteiger partial charge in [0.1, 0.15) is 11.2 Å². The summed E-state index contributed by atoms with van der Waals surface area (Å²) in [6, 6.07) is 10.2. The topological polar surface area (TPSA) is 76.0 Å². The molecule has 6 nitrogen and oxygen atoms in total. The second-order valence-corrected chi connectivity index (χ2v) is 8.41. The molecule has 2 aliphatic heterocycles. The zero-order valence-corrected chi connectivity index (χ0v) is 17.2. The molecular formula is C23H19F3N4O2. The third-order valence-electron chi connectivity index (χ3n) is 6.16. The van der Waals surface area contributed by atoms with Crippen LogP contribution in [0.2, 0.25) is 0 Å². The van der Waals surface area contributed by atoms with Crippen LogP contribution >= 0.6 is 0 Å². The Labute approximate surface area is 181 Å². The van der Waals surface area contributed by atoms with E-state index in [4.69, 9.17) is 0 Å². The molecule has 1 spiro atoms. The van der Waals surface area contributed by atoms with Gasteiger partial charge >= 0.3 is 6.18 Å². The van der Waals surface area contributed by atoms with E-state index < -0.39 is 17.2 Å². The number of halogens is 3. The third-order valence-corrected chi connectivity index (χ3v) is 6.16. The van der Waals surface area contributed by atoms with E-state index >= 15 is 0 Å². The Morgan fingerprint density at radius 2 is 1.75 bits per heavy atom. The highest BCUT2D eigenvalue weighted by Crippen LogP contribution is 2.50. The van der Waals surface area contributed by atoms with Crippen molar-refractivity contribution in [2.45, 2.75) is 37.8 Å². The molecule has 3 heterocycles. The first-order valence-corrected chi connectivity index (χ1v) is 10.1. The molecule has 9 heteroatoms. The van der Waals surface area contributed by atoms with E-state index in [-0.39, 0.29) is 30.0 Å². The van der Waals surface area contributed by atoms with Gasteiger partial charge in [-0.3, -0.25) is 9.59 Å². The van der Waals surface area contributed by atoms with Crippen LogP contribution < -0.4 is 10.6 Å². The van der Waals surface area contributed by atoms with Gasteiger partial charge in [0.2, 0.25) is 11.8 Å². The lowest BCUT2D eigenvalue weighted by Gasteiger charge is -2.32. The number of hydrogen-bond acceptors (Lipinski definition) is 3. The normalized spacial score (nSPS) is 19.7. The summed E-state index contributed by atoms with van der Waals surface area (Å²) in [7, 11) is 0. The number of aromatic nitrogens is 2. The van der Waals surface area contributed by atoms with E-state index in [2.05, 4.69) is 15.7 Å². The van der Waals surface area contributed by atoms with E-state index in [0.29, 0.717) is 22.5 Å². The van der Waals surface area contributed by atoms with Crippen molar-refractivity contribution in [3.05, 3.63) is 70.9 Å². The zero-order valence-electron chi connectivity index (χ0n) is 17.2. The van der Waals surface area contributed by atoms with Crippen molar-refractivity contribution in [1.29, 1.82) is 0 Å². The van der Waals surface area contributed by atoms with Gasteiger partial charge < -0.3 is 10.6 Å². The summed E-state index contributed by atoms with van der Waals surface area (Å²) < 4.78 is 40.2. The van der Waals surface area contributed by atoms with Gasteiger partial charge in [-0.25, -0.2) is 4.68 Å². The van der Waals surface area contributed by atoms with Crippen LogP contribution in [0, 0.1) is 0 Å². The van der Waals surface area contributed by atoms with Crippen LogP contribution in [0.4, 0.5) is 24.7 Å². The van der Waals surface area contributed by atoms with E-state index in [1.807, 2.05) is 32.0 Å². The molecule has 164 valence electrons. The molecule has 2 aliphatic rings. The first kappa shape index (κ1) is 20.3. The molecule has 1 aromatic heterocycles. The first-order valence-electron chi connectivity index (χ1n) is 10.1. The molecule has 0 saturated heterocycles. The number of hydrogen-bond donors (Lipinski definition) is 2. The second-order valence-electron chi connectivity index (χ2n) is 8.41. The molecule has 0 fully saturated rings. The molecule has 2 amide bonds. The average molecular weight is 440 g/mol. The maximum absolute atomic E-state index is 13.2. The molecule has 2 aromatic carbocycles. The number of amides is 2. The Kier molecular flexibility index (Phi) is 4.24. The highest BCUT2D eigenvalue weighted by Gasteiger charge is 2.54. The fraction of sp³-hybridized carbons (Fsp3) is 0.261. The van der Waals surface area contributed by atoms with E-state index in [1.54, 1.807) is 0 Å². The Hall–Kier alpha value is -3.62. The number of nitrogens with zero attached hydrogens (tertiary/aromatic N) is 2. The van der Waals surface area contributed by atoms with Gasteiger partial charge in [-0.05, 0) is 47.4 Å². The Morgan fingerprint density at radius 1 is 1.03 bits per heavy atom. The predicted octanol–water partition coefficient (Wildman–Crippen LogP) is 4.59. The van der Waals surface area contributed by atoms with Crippen molar-refractivity contribution >= 4 is 23.3 Å². The standard InChI is InChI=1S/C23H19F3N4O2/c1-12(2)13-3-8-18-16(9-13)22(21(32)28-18)10-19(31)29-20-17(22)11-27-30(20)15-6-4-14(5-7-15)23(24,25)26/h3-9,11-12H,10H2,1-2H3,(H,28,32)(H,29,31). The fourth-order valence-corrected chi connectivity index (χ4v) is 4.46. The van der Waals surface area contributed by atoms with Crippen molar-refractivity contribution in [3.8, 4) is 5.69 Å². The van der Waals surface area contributed by atoms with Gasteiger partial charge in [0.15, 0.2) is 0 Å². The van der Waals surface area contributed by atoms with Crippen LogP contribution in [-0.4, -0.2) is 21.6 Å². The highest BCUT2D eigenvalue weighted by atomic mass is 19.4. The summed E-state index contributed by atoms with van der Waals surface area (Å²) >= 11 is 0. The van der Waals surface area contributed by atoms with Crippen LogP contribution in [0.1, 0.15) is 48.4 Å². The van der Waals surface area contributed by atoms with Crippen molar-refractivity contribution in [3.63, 3.8) is 0 Å². The van der Waals surface area contributed by atoms with Crippen molar-refractivity contribution < 1.29 is 22.8 Å². The summed E-state index contributed by atoms with van der Waals surface area (Å²) in [6.45, 7) is 4.08. The van der Waals surface area contributed by atoms with Crippen LogP contribution in [0.15, 0.2) is 48.7 Å². The van der Waals surface area contributed by atoms with Gasteiger partial charge in [-0.15, -0.1) is 0 Å². The van der Waals surface area contributed by atoms with Gasteiger partial charge in [-0.2, -0.15) is 18.3 Å². The molecule has 32 heavy (non-hydrogen) atoms. The highest BCUT2D eigenvalue weighted by molar-refractivity contribution is 6.14. The summed E-state index contributed by atoms with van der Waals surface area (Å²) in [5.74, 6) is -0.195. The lowest BCUT2D eigenvalue weighted by atomic mass is 9.71. The van der Waals surface area contributed by atoms with Gasteiger partial charge in [0.25, 0.3) is 0 Å². The lowest BCUT2D eigenvalue weighted by molar-refractivity contribution is -0.137. The van der Waals surface area contributed by atoms with Crippen LogP contribution in [0.3, 0.4) is 0 Å². The Balaban J connectivity index is 1.67. The number of alkyl halides is 3. The second kappa shape index (κ2) is 6.69. The predicted molar refractivity (Wildman–Crippen MR) is 112 cm³/mol. The maximum Gasteiger partial charge on any atom is 0.416 e. The number of benzene rings is 2. The number of rotatable bonds is 2. The van der Waals surface area contributed by atoms with E-state index in [1.165, 1.54) is 23.0 Å². The summed E-state index contributed by atoms with van der Waals surface area (Å²) in [6.07, 6.45) is -3.04. The fourth-order valence-electron chi connectivity index (χ4n) is 4.46. The SMILES string of the molecule is CC(C)c1ccc2c(c1)C1(CC(=O)Nc3c1cnn3-c1ccc(C(F)(F)F)cc1)C(=O)N2. The smallest absolute Gasteiger partial charge is 0.325 e. The molecular weight excluding hydrogens is 421 g/mol. The number of carbonyl (C=O) groups excluding carboxylic acids is 2. The molecule has 2 N–H and O–H groups in total. The van der Waals surface area contributed by atoms with Crippen molar-refractivity contribution in [2.24, 2.45) is 0 Å². The number of nitrogens with one attached hydrogen (secondary N) is 2. The summed E-state index contributed by atoms with van der Waals surface area (Å²) in [5.41, 5.74) is 1.19. The third kappa shape index (κ3) is 2.84. The van der Waals surface area contributed by atoms with Crippen molar-refractivity contribution in [1.82, 2.24) is 9.78 Å². The Bertz CT molecular complexity index is 1260. The number of carbonyl (C=O) groups is 2. The van der Waals surface area contributed by atoms with Crippen LogP contribution in [0.5, 0.6) is 0 Å². The zero-order chi connectivity index (χ0) is 22.8. The largest absolute Gasteiger partial charge is 0.416 e. The first-order chi connectivity index (χ1) is 15.1.